The Labute approximate surface area is 423 Å². The molecule has 0 aliphatic carbocycles. The Balaban J connectivity index is 0.965. The number of hydrogen-bond donors (Lipinski definition) is 0. The highest BCUT2D eigenvalue weighted by Gasteiger charge is 2.55. The van der Waals surface area contributed by atoms with Gasteiger partial charge in [-0.1, -0.05) is 171 Å². The summed E-state index contributed by atoms with van der Waals surface area (Å²) in [5.74, 6) is 1.08. The van der Waals surface area contributed by atoms with Gasteiger partial charge in [0, 0.05) is 34.1 Å². The molecule has 2 unspecified atom stereocenters. The minimum absolute atomic E-state index is 0.0834. The topological polar surface area (TPSA) is 108 Å². The van der Waals surface area contributed by atoms with Crippen LogP contribution in [0.3, 0.4) is 0 Å². The summed E-state index contributed by atoms with van der Waals surface area (Å²) >= 11 is 0. The highest BCUT2D eigenvalue weighted by atomic mass is 16.6. The third kappa shape index (κ3) is 11.0. The third-order valence-corrected chi connectivity index (χ3v) is 14.0. The van der Waals surface area contributed by atoms with Gasteiger partial charge in [0.25, 0.3) is 0 Å². The van der Waals surface area contributed by atoms with E-state index in [2.05, 4.69) is 48.5 Å². The first-order chi connectivity index (χ1) is 35.4. The van der Waals surface area contributed by atoms with E-state index in [0.29, 0.717) is 61.9 Å². The maximum atomic E-state index is 14.3. The molecule has 0 radical (unpaired) electrons. The van der Waals surface area contributed by atoms with E-state index in [1.807, 2.05) is 135 Å². The van der Waals surface area contributed by atoms with Crippen LogP contribution < -0.4 is 9.47 Å². The molecule has 11 rings (SSSR count). The summed E-state index contributed by atoms with van der Waals surface area (Å²) in [5, 5.41) is 0. The standard InChI is InChI=1S/C62H64O10/c1-45-57-55(61(71-45,49-19-9-5-10-20-49)50-21-11-6-12-22-50)27-17-3-4-18-28-56-58(46(2)72-62(56,51-23-13-7-14-24-51)52-25-15-8-16-26-52)60(64)70-44-40-66-38-42-68-54-35-31-48(32-36-54)47-29-33-53(34-30-47)67-41-37-65-39-43-69-59(57)63/h5-16,19-26,29-36,55-56H,3-4,17-18,27-28,37-44H2,1-2H3. The molecule has 6 aromatic carbocycles. The molecular formula is C62H64O10. The summed E-state index contributed by atoms with van der Waals surface area (Å²) in [4.78, 5) is 28.6. The molecule has 72 heavy (non-hydrogen) atoms. The number of ether oxygens (including phenoxy) is 8. The minimum Gasteiger partial charge on any atom is -0.491 e. The summed E-state index contributed by atoms with van der Waals surface area (Å²) < 4.78 is 49.6. The Bertz CT molecular complexity index is 2480. The van der Waals surface area contributed by atoms with E-state index >= 15 is 0 Å². The van der Waals surface area contributed by atoms with Gasteiger partial charge >= 0.3 is 11.9 Å². The fraction of sp³-hybridized carbons (Fsp3) is 0.323. The normalized spacial score (nSPS) is 20.6. The Morgan fingerprint density at radius 2 is 0.667 bits per heavy atom. The molecule has 10 heteroatoms. The lowest BCUT2D eigenvalue weighted by Gasteiger charge is -2.37. The van der Waals surface area contributed by atoms with Crippen LogP contribution in [0.1, 0.15) is 74.6 Å². The van der Waals surface area contributed by atoms with E-state index in [-0.39, 0.29) is 38.3 Å². The molecule has 5 aliphatic rings. The average Bonchev–Trinajstić information content (AvgIpc) is 3.90. The zero-order valence-electron chi connectivity index (χ0n) is 41.3. The van der Waals surface area contributed by atoms with Gasteiger partial charge in [0.15, 0.2) is 11.2 Å². The van der Waals surface area contributed by atoms with Crippen LogP contribution in [0.15, 0.2) is 193 Å². The minimum atomic E-state index is -0.949. The van der Waals surface area contributed by atoms with Crippen molar-refractivity contribution in [1.82, 2.24) is 0 Å². The summed E-state index contributed by atoms with van der Waals surface area (Å²) in [5.41, 5.74) is 5.15. The zero-order valence-corrected chi connectivity index (χ0v) is 41.3. The van der Waals surface area contributed by atoms with E-state index in [9.17, 15) is 9.59 Å². The lowest BCUT2D eigenvalue weighted by atomic mass is 9.71. The Morgan fingerprint density at radius 1 is 0.361 bits per heavy atom. The Morgan fingerprint density at radius 3 is 0.986 bits per heavy atom. The van der Waals surface area contributed by atoms with Gasteiger partial charge in [-0.2, -0.15) is 0 Å². The molecule has 0 saturated heterocycles. The molecule has 0 fully saturated rings. The summed E-state index contributed by atoms with van der Waals surface area (Å²) in [6.07, 6.45) is 4.73. The highest BCUT2D eigenvalue weighted by molar-refractivity contribution is 5.91. The maximum Gasteiger partial charge on any atom is 0.337 e. The van der Waals surface area contributed by atoms with Crippen LogP contribution in [-0.2, 0) is 49.2 Å². The quantitative estimate of drug-likeness (QED) is 0.158. The molecule has 6 aromatic rings. The van der Waals surface area contributed by atoms with E-state index in [1.54, 1.807) is 0 Å². The summed E-state index contributed by atoms with van der Waals surface area (Å²) in [7, 11) is 0. The van der Waals surface area contributed by atoms with Crippen molar-refractivity contribution in [3.63, 3.8) is 0 Å². The monoisotopic (exact) mass is 968 g/mol. The van der Waals surface area contributed by atoms with E-state index < -0.39 is 23.1 Å². The van der Waals surface area contributed by atoms with Crippen LogP contribution in [-0.4, -0.2) is 64.8 Å². The van der Waals surface area contributed by atoms with Crippen molar-refractivity contribution in [2.24, 2.45) is 11.8 Å². The van der Waals surface area contributed by atoms with Crippen molar-refractivity contribution < 1.29 is 47.5 Å². The van der Waals surface area contributed by atoms with Crippen LogP contribution in [0, 0.1) is 11.8 Å². The van der Waals surface area contributed by atoms with Gasteiger partial charge < -0.3 is 37.9 Å². The smallest absolute Gasteiger partial charge is 0.337 e. The first-order valence-electron chi connectivity index (χ1n) is 25.4. The lowest BCUT2D eigenvalue weighted by Crippen LogP contribution is -2.37. The predicted molar refractivity (Wildman–Crippen MR) is 276 cm³/mol. The summed E-state index contributed by atoms with van der Waals surface area (Å²) in [6.45, 7) is 5.71. The van der Waals surface area contributed by atoms with E-state index in [1.165, 1.54) is 0 Å². The second-order valence-electron chi connectivity index (χ2n) is 18.4. The first kappa shape index (κ1) is 49.8. The van der Waals surface area contributed by atoms with Crippen LogP contribution in [0.25, 0.3) is 11.1 Å². The van der Waals surface area contributed by atoms with Gasteiger partial charge in [0.2, 0.25) is 0 Å². The molecule has 2 atom stereocenters. The van der Waals surface area contributed by atoms with Crippen LogP contribution in [0.5, 0.6) is 11.5 Å². The van der Waals surface area contributed by atoms with E-state index in [0.717, 1.165) is 70.6 Å². The fourth-order valence-corrected chi connectivity index (χ4v) is 10.7. The Hall–Kier alpha value is -7.14. The van der Waals surface area contributed by atoms with Crippen molar-refractivity contribution >= 4 is 11.9 Å². The van der Waals surface area contributed by atoms with Gasteiger partial charge in [0.1, 0.15) is 49.4 Å². The van der Waals surface area contributed by atoms with Gasteiger partial charge in [0.05, 0.1) is 37.6 Å². The third-order valence-electron chi connectivity index (χ3n) is 14.0. The van der Waals surface area contributed by atoms with Crippen LogP contribution >= 0.6 is 0 Å². The molecule has 0 aromatic heterocycles. The molecular weight excluding hydrogens is 905 g/mol. The number of esters is 2. The maximum absolute atomic E-state index is 14.3. The second-order valence-corrected chi connectivity index (χ2v) is 18.4. The number of benzene rings is 6. The number of carbonyl (C=O) groups excluding carboxylic acids is 2. The van der Waals surface area contributed by atoms with E-state index in [4.69, 9.17) is 37.9 Å². The molecule has 0 spiro atoms. The molecule has 4 bridgehead atoms. The summed E-state index contributed by atoms with van der Waals surface area (Å²) in [6, 6.07) is 56.6. The van der Waals surface area contributed by atoms with Crippen molar-refractivity contribution in [1.29, 1.82) is 0 Å². The first-order valence-corrected chi connectivity index (χ1v) is 25.4. The van der Waals surface area contributed by atoms with Crippen molar-refractivity contribution in [2.45, 2.75) is 63.6 Å². The number of carbonyl (C=O) groups is 2. The Kier molecular flexibility index (Phi) is 16.5. The molecule has 5 aliphatic heterocycles. The molecule has 0 saturated carbocycles. The molecule has 372 valence electrons. The average molecular weight is 969 g/mol. The molecule has 10 nitrogen and oxygen atoms in total. The lowest BCUT2D eigenvalue weighted by molar-refractivity contribution is -0.142. The number of rotatable bonds is 4. The van der Waals surface area contributed by atoms with Crippen molar-refractivity contribution in [2.75, 3.05) is 52.9 Å². The highest BCUT2D eigenvalue weighted by Crippen LogP contribution is 2.55. The van der Waals surface area contributed by atoms with Crippen LogP contribution in [0.4, 0.5) is 0 Å². The molecule has 0 amide bonds. The van der Waals surface area contributed by atoms with Gasteiger partial charge in [-0.3, -0.25) is 0 Å². The SMILES string of the molecule is CC1=C2C(=O)OCCOCCOc3ccc(cc3)-c3ccc(cc3)OCCOCCOC(=O)C3=C(C)OC(c4ccccc4)(c4ccccc4)C3CCCCCCC2C(c2ccccc2)(c2ccccc2)O1. The fourth-order valence-electron chi connectivity index (χ4n) is 10.7. The van der Waals surface area contributed by atoms with Crippen molar-refractivity contribution in [3.8, 4) is 22.6 Å². The van der Waals surface area contributed by atoms with Gasteiger partial charge in [-0.25, -0.2) is 9.59 Å². The van der Waals surface area contributed by atoms with Gasteiger partial charge in [-0.05, 0) is 62.1 Å². The largest absolute Gasteiger partial charge is 0.491 e. The van der Waals surface area contributed by atoms with Crippen LogP contribution in [0.2, 0.25) is 0 Å². The number of fused-ring (bicyclic) bond motifs is 2. The predicted octanol–water partition coefficient (Wildman–Crippen LogP) is 12.3. The van der Waals surface area contributed by atoms with Gasteiger partial charge in [-0.15, -0.1) is 0 Å². The zero-order chi connectivity index (χ0) is 49.6. The van der Waals surface area contributed by atoms with Crippen molar-refractivity contribution in [3.05, 3.63) is 215 Å². The second kappa shape index (κ2) is 23.8. The number of hydrogen-bond acceptors (Lipinski definition) is 10. The number of allylic oxidation sites excluding steroid dienone is 2. The molecule has 5 heterocycles. The molecule has 0 N–H and O–H groups in total.